The van der Waals surface area contributed by atoms with Crippen molar-refractivity contribution in [3.05, 3.63) is 90.1 Å². The van der Waals surface area contributed by atoms with E-state index in [1.54, 1.807) is 50.8 Å². The van der Waals surface area contributed by atoms with E-state index in [0.29, 0.717) is 37.7 Å². The van der Waals surface area contributed by atoms with Crippen molar-refractivity contribution in [2.24, 2.45) is 4.99 Å². The highest BCUT2D eigenvalue weighted by atomic mass is 32.1. The number of hydrogen-bond acceptors (Lipinski definition) is 7. The molecule has 176 valence electrons. The van der Waals surface area contributed by atoms with Crippen molar-refractivity contribution in [3.8, 4) is 11.5 Å². The molecular formula is C26H26N2O5S. The highest BCUT2D eigenvalue weighted by Crippen LogP contribution is 2.37. The third kappa shape index (κ3) is 4.28. The molecule has 34 heavy (non-hydrogen) atoms. The second-order valence-electron chi connectivity index (χ2n) is 7.82. The number of aromatic nitrogens is 1. The number of ether oxygens (including phenoxy) is 3. The van der Waals surface area contributed by atoms with Crippen LogP contribution in [0.15, 0.2) is 63.5 Å². The molecule has 0 N–H and O–H groups in total. The first-order valence-electron chi connectivity index (χ1n) is 10.9. The predicted octanol–water partition coefficient (Wildman–Crippen LogP) is 3.12. The molecule has 1 atom stereocenters. The van der Waals surface area contributed by atoms with Gasteiger partial charge in [0, 0.05) is 11.6 Å². The van der Waals surface area contributed by atoms with Gasteiger partial charge in [0.2, 0.25) is 0 Å². The van der Waals surface area contributed by atoms with Gasteiger partial charge in [-0.25, -0.2) is 9.79 Å². The van der Waals surface area contributed by atoms with Crippen molar-refractivity contribution in [3.63, 3.8) is 0 Å². The molecule has 0 saturated heterocycles. The van der Waals surface area contributed by atoms with Gasteiger partial charge in [-0.05, 0) is 44.5 Å². The largest absolute Gasteiger partial charge is 0.497 e. The summed E-state index contributed by atoms with van der Waals surface area (Å²) < 4.78 is 18.4. The number of carbonyl (C=O) groups is 1. The zero-order valence-corrected chi connectivity index (χ0v) is 20.6. The summed E-state index contributed by atoms with van der Waals surface area (Å²) in [6.07, 6.45) is 1.84. The zero-order valence-electron chi connectivity index (χ0n) is 19.7. The molecule has 0 unspecified atom stereocenters. The number of esters is 1. The highest BCUT2D eigenvalue weighted by molar-refractivity contribution is 7.07. The van der Waals surface area contributed by atoms with Crippen molar-refractivity contribution in [1.82, 2.24) is 4.57 Å². The standard InChI is InChI=1S/C26H26N2O5S/c1-6-33-25(30)22-16(3)27-26-28(23(22)19-12-11-18(31-4)14-20(19)32-5)24(29)21(34-26)13-17-9-7-15(2)8-10-17/h7-14,23H,6H2,1-5H3/b21-13-/t23-/m0/s1. The highest BCUT2D eigenvalue weighted by Gasteiger charge is 2.35. The van der Waals surface area contributed by atoms with Crippen LogP contribution in [0.5, 0.6) is 11.5 Å². The molecule has 8 heteroatoms. The van der Waals surface area contributed by atoms with Crippen molar-refractivity contribution in [2.75, 3.05) is 20.8 Å². The average molecular weight is 479 g/mol. The van der Waals surface area contributed by atoms with Crippen molar-refractivity contribution in [1.29, 1.82) is 0 Å². The first-order valence-corrected chi connectivity index (χ1v) is 11.7. The summed E-state index contributed by atoms with van der Waals surface area (Å²) in [6.45, 7) is 5.72. The summed E-state index contributed by atoms with van der Waals surface area (Å²) in [4.78, 5) is 31.8. The minimum Gasteiger partial charge on any atom is -0.497 e. The van der Waals surface area contributed by atoms with E-state index in [0.717, 1.165) is 11.1 Å². The van der Waals surface area contributed by atoms with E-state index in [1.165, 1.54) is 11.3 Å². The minimum absolute atomic E-state index is 0.208. The molecule has 0 bridgehead atoms. The van der Waals surface area contributed by atoms with E-state index in [-0.39, 0.29) is 12.2 Å². The van der Waals surface area contributed by atoms with E-state index in [2.05, 4.69) is 4.99 Å². The van der Waals surface area contributed by atoms with Gasteiger partial charge in [0.1, 0.15) is 17.5 Å². The average Bonchev–Trinajstić information content (AvgIpc) is 3.13. The topological polar surface area (TPSA) is 79.1 Å². The smallest absolute Gasteiger partial charge is 0.338 e. The fourth-order valence-electron chi connectivity index (χ4n) is 3.94. The molecule has 0 aliphatic carbocycles. The summed E-state index contributed by atoms with van der Waals surface area (Å²) in [5.74, 6) is 0.583. The van der Waals surface area contributed by atoms with Crippen LogP contribution >= 0.6 is 11.3 Å². The third-order valence-electron chi connectivity index (χ3n) is 5.63. The van der Waals surface area contributed by atoms with Crippen LogP contribution in [0.2, 0.25) is 0 Å². The lowest BCUT2D eigenvalue weighted by molar-refractivity contribution is -0.139. The molecular weight excluding hydrogens is 452 g/mol. The normalized spacial score (nSPS) is 15.6. The monoisotopic (exact) mass is 478 g/mol. The van der Waals surface area contributed by atoms with Crippen LogP contribution in [0.3, 0.4) is 0 Å². The maximum Gasteiger partial charge on any atom is 0.338 e. The van der Waals surface area contributed by atoms with Gasteiger partial charge >= 0.3 is 5.97 Å². The molecule has 1 aromatic heterocycles. The number of benzene rings is 2. The predicted molar refractivity (Wildman–Crippen MR) is 131 cm³/mol. The van der Waals surface area contributed by atoms with Crippen LogP contribution in [-0.2, 0) is 9.53 Å². The summed E-state index contributed by atoms with van der Waals surface area (Å²) in [5.41, 5.74) is 3.27. The van der Waals surface area contributed by atoms with Gasteiger partial charge in [0.05, 0.1) is 36.6 Å². The fraction of sp³-hybridized carbons (Fsp3) is 0.269. The molecule has 2 aromatic carbocycles. The van der Waals surface area contributed by atoms with Crippen LogP contribution in [0, 0.1) is 6.92 Å². The number of methoxy groups -OCH3 is 2. The van der Waals surface area contributed by atoms with Crippen molar-refractivity contribution in [2.45, 2.75) is 26.8 Å². The Bertz CT molecular complexity index is 1450. The van der Waals surface area contributed by atoms with Crippen LogP contribution in [0.1, 0.15) is 36.6 Å². The van der Waals surface area contributed by atoms with Gasteiger partial charge in [-0.3, -0.25) is 9.36 Å². The number of allylic oxidation sites excluding steroid dienone is 1. The number of aryl methyl sites for hydroxylation is 1. The SMILES string of the molecule is CCOC(=O)C1=C(C)N=c2s/c(=C\c3ccc(C)cc3)c(=O)n2[C@H]1c1ccc(OC)cc1OC. The number of hydrogen-bond donors (Lipinski definition) is 0. The van der Waals surface area contributed by atoms with Crippen LogP contribution in [-0.4, -0.2) is 31.4 Å². The molecule has 0 radical (unpaired) electrons. The van der Waals surface area contributed by atoms with Gasteiger partial charge in [0.25, 0.3) is 5.56 Å². The molecule has 1 aliphatic rings. The van der Waals surface area contributed by atoms with E-state index < -0.39 is 12.0 Å². The summed E-state index contributed by atoms with van der Waals surface area (Å²) in [6, 6.07) is 12.5. The first-order chi connectivity index (χ1) is 16.4. The maximum atomic E-state index is 13.7. The molecule has 3 aromatic rings. The second-order valence-corrected chi connectivity index (χ2v) is 8.83. The Hall–Kier alpha value is -3.65. The van der Waals surface area contributed by atoms with Gasteiger partial charge in [0.15, 0.2) is 4.80 Å². The molecule has 0 spiro atoms. The molecule has 7 nitrogen and oxygen atoms in total. The van der Waals surface area contributed by atoms with Crippen LogP contribution in [0.25, 0.3) is 6.08 Å². The molecule has 4 rings (SSSR count). The van der Waals surface area contributed by atoms with E-state index >= 15 is 0 Å². The van der Waals surface area contributed by atoms with Gasteiger partial charge < -0.3 is 14.2 Å². The number of rotatable bonds is 6. The number of nitrogens with zero attached hydrogens (tertiary/aromatic N) is 2. The lowest BCUT2D eigenvalue weighted by atomic mass is 9.95. The van der Waals surface area contributed by atoms with Gasteiger partial charge in [-0.15, -0.1) is 0 Å². The molecule has 0 fully saturated rings. The van der Waals surface area contributed by atoms with E-state index in [1.807, 2.05) is 37.3 Å². The minimum atomic E-state index is -0.753. The third-order valence-corrected chi connectivity index (χ3v) is 6.61. The summed E-state index contributed by atoms with van der Waals surface area (Å²) >= 11 is 1.29. The van der Waals surface area contributed by atoms with Crippen LogP contribution < -0.4 is 24.4 Å². The number of fused-ring (bicyclic) bond motifs is 1. The van der Waals surface area contributed by atoms with Crippen molar-refractivity contribution < 1.29 is 19.0 Å². The lowest BCUT2D eigenvalue weighted by Crippen LogP contribution is -2.40. The van der Waals surface area contributed by atoms with Gasteiger partial charge in [-0.2, -0.15) is 0 Å². The quantitative estimate of drug-likeness (QED) is 0.509. The lowest BCUT2D eigenvalue weighted by Gasteiger charge is -2.26. The second kappa shape index (κ2) is 9.69. The Morgan fingerprint density at radius 3 is 2.50 bits per heavy atom. The van der Waals surface area contributed by atoms with Gasteiger partial charge in [-0.1, -0.05) is 41.2 Å². The Morgan fingerprint density at radius 2 is 1.85 bits per heavy atom. The Morgan fingerprint density at radius 1 is 1.12 bits per heavy atom. The Labute approximate surface area is 201 Å². The van der Waals surface area contributed by atoms with Crippen molar-refractivity contribution >= 4 is 23.4 Å². The van der Waals surface area contributed by atoms with Crippen LogP contribution in [0.4, 0.5) is 0 Å². The van der Waals surface area contributed by atoms with E-state index in [4.69, 9.17) is 14.2 Å². The molecule has 0 amide bonds. The maximum absolute atomic E-state index is 13.7. The summed E-state index contributed by atoms with van der Waals surface area (Å²) in [5, 5.41) is 0. The Balaban J connectivity index is 1.99. The fourth-order valence-corrected chi connectivity index (χ4v) is 4.99. The molecule has 0 saturated carbocycles. The zero-order chi connectivity index (χ0) is 24.4. The number of carbonyl (C=O) groups excluding carboxylic acids is 1. The molecule has 2 heterocycles. The number of thiazole rings is 1. The summed E-state index contributed by atoms with van der Waals surface area (Å²) in [7, 11) is 3.11. The Kier molecular flexibility index (Phi) is 6.70. The first kappa shape index (κ1) is 23.5. The molecule has 1 aliphatic heterocycles. The van der Waals surface area contributed by atoms with E-state index in [9.17, 15) is 9.59 Å².